The normalized spacial score (nSPS) is 39.3. The predicted octanol–water partition coefficient (Wildman–Crippen LogP) is 4.15. The lowest BCUT2D eigenvalue weighted by Crippen LogP contribution is -2.58. The van der Waals surface area contributed by atoms with Crippen LogP contribution < -0.4 is 5.32 Å². The van der Waals surface area contributed by atoms with E-state index < -0.39 is 35.3 Å². The van der Waals surface area contributed by atoms with Crippen LogP contribution in [0.1, 0.15) is 104 Å². The summed E-state index contributed by atoms with van der Waals surface area (Å²) in [4.78, 5) is 61.3. The van der Waals surface area contributed by atoms with Crippen LogP contribution in [0.15, 0.2) is 11.6 Å². The average molecular weight is 586 g/mol. The van der Waals surface area contributed by atoms with Crippen molar-refractivity contribution in [2.75, 3.05) is 13.2 Å². The fraction of sp³-hybridized carbons (Fsp3) is 0.788. The van der Waals surface area contributed by atoms with Gasteiger partial charge in [0.1, 0.15) is 5.60 Å². The molecule has 6 atom stereocenters. The Labute approximate surface area is 248 Å². The van der Waals surface area contributed by atoms with Crippen molar-refractivity contribution in [2.45, 2.75) is 109 Å². The van der Waals surface area contributed by atoms with Crippen LogP contribution in [0.25, 0.3) is 0 Å². The van der Waals surface area contributed by atoms with Crippen molar-refractivity contribution in [3.8, 4) is 0 Å². The molecule has 3 unspecified atom stereocenters. The fourth-order valence-electron chi connectivity index (χ4n) is 9.55. The number of aliphatic hydroxyl groups is 1. The van der Waals surface area contributed by atoms with E-state index in [-0.39, 0.29) is 47.7 Å². The molecule has 0 aromatic carbocycles. The van der Waals surface area contributed by atoms with E-state index in [9.17, 15) is 29.1 Å². The molecule has 5 aliphatic rings. The molecule has 0 radical (unpaired) electrons. The highest BCUT2D eigenvalue weighted by Crippen LogP contribution is 2.67. The van der Waals surface area contributed by atoms with Gasteiger partial charge in [-0.1, -0.05) is 19.4 Å². The van der Waals surface area contributed by atoms with Crippen LogP contribution in [0.3, 0.4) is 0 Å². The summed E-state index contributed by atoms with van der Waals surface area (Å²) in [6.07, 6.45) is 10.5. The number of hydrogen-bond donors (Lipinski definition) is 3. The molecule has 0 spiro atoms. The highest BCUT2D eigenvalue weighted by molar-refractivity contribution is 5.92. The lowest BCUT2D eigenvalue weighted by Gasteiger charge is -2.58. The Balaban J connectivity index is 1.09. The molecule has 232 valence electrons. The van der Waals surface area contributed by atoms with Gasteiger partial charge in [0.15, 0.2) is 12.4 Å². The molecule has 0 aliphatic heterocycles. The molecule has 42 heavy (non-hydrogen) atoms. The number of carboxylic acids is 1. The second kappa shape index (κ2) is 11.9. The number of amides is 1. The van der Waals surface area contributed by atoms with Crippen LogP contribution in [0.2, 0.25) is 0 Å². The summed E-state index contributed by atoms with van der Waals surface area (Å²) in [6.45, 7) is 4.31. The summed E-state index contributed by atoms with van der Waals surface area (Å²) < 4.78 is 5.27. The molecule has 0 aromatic rings. The molecule has 9 heteroatoms. The van der Waals surface area contributed by atoms with E-state index in [2.05, 4.69) is 12.2 Å². The number of nitrogens with one attached hydrogen (secondary N) is 1. The minimum Gasteiger partial charge on any atom is -0.481 e. The molecule has 1 amide bonds. The first-order chi connectivity index (χ1) is 19.9. The lowest BCUT2D eigenvalue weighted by atomic mass is 9.46. The first-order valence-corrected chi connectivity index (χ1v) is 16.0. The summed E-state index contributed by atoms with van der Waals surface area (Å²) in [5.74, 6) is -0.903. The Kier molecular flexibility index (Phi) is 8.72. The van der Waals surface area contributed by atoms with Crippen molar-refractivity contribution in [3.63, 3.8) is 0 Å². The first-order valence-electron chi connectivity index (χ1n) is 16.0. The van der Waals surface area contributed by atoms with Crippen molar-refractivity contribution >= 4 is 29.4 Å². The molecule has 4 fully saturated rings. The SMILES string of the molecule is C[C@]12CCC(=O)C=C1CCC1C2CC[C@@]2(C)C1CC[C@]2(O)C(=O)COC(=O)CCC(=O)NCC1CCC(C(=O)O)CC1. The number of allylic oxidation sites excluding steroid dienone is 1. The minimum absolute atomic E-state index is 0.0184. The number of rotatable bonds is 9. The van der Waals surface area contributed by atoms with Crippen LogP contribution in [0, 0.1) is 40.4 Å². The summed E-state index contributed by atoms with van der Waals surface area (Å²) in [5, 5.41) is 23.8. The van der Waals surface area contributed by atoms with Gasteiger partial charge < -0.3 is 20.3 Å². The minimum atomic E-state index is -1.54. The first kappa shape index (κ1) is 30.9. The second-order valence-electron chi connectivity index (χ2n) is 14.3. The smallest absolute Gasteiger partial charge is 0.306 e. The number of ketones is 2. The van der Waals surface area contributed by atoms with Crippen LogP contribution in [0.4, 0.5) is 0 Å². The number of carbonyl (C=O) groups is 5. The Bertz CT molecular complexity index is 1150. The van der Waals surface area contributed by atoms with Crippen LogP contribution in [0.5, 0.6) is 0 Å². The van der Waals surface area contributed by atoms with Crippen molar-refractivity contribution in [1.82, 2.24) is 5.32 Å². The van der Waals surface area contributed by atoms with E-state index >= 15 is 0 Å². The molecule has 0 aromatic heterocycles. The van der Waals surface area contributed by atoms with Gasteiger partial charge >= 0.3 is 11.9 Å². The Hall–Kier alpha value is -2.55. The van der Waals surface area contributed by atoms with E-state index in [1.165, 1.54) is 5.57 Å². The standard InChI is InChI=1S/C33H47NO8/c1-31-14-11-23(35)17-22(31)7-8-24-25(31)12-15-32(2)26(24)13-16-33(32,41)27(36)19-42-29(38)10-9-28(37)34-18-20-3-5-21(6-4-20)30(39)40/h17,20-21,24-26,41H,3-16,18-19H2,1-2H3,(H,34,37)(H,39,40)/t20?,21?,24?,25?,26?,31-,32-,33-/m0/s1. The number of Topliss-reactive ketones (excluding diaryl/α,β-unsaturated/α-hetero) is 1. The molecule has 0 saturated heterocycles. The topological polar surface area (TPSA) is 147 Å². The number of esters is 1. The third-order valence-electron chi connectivity index (χ3n) is 12.3. The van der Waals surface area contributed by atoms with Gasteiger partial charge in [-0.2, -0.15) is 0 Å². The average Bonchev–Trinajstić information content (AvgIpc) is 3.25. The molecular weight excluding hydrogens is 538 g/mol. The molecule has 5 aliphatic carbocycles. The van der Waals surface area contributed by atoms with Crippen LogP contribution in [-0.4, -0.2) is 58.4 Å². The van der Waals surface area contributed by atoms with Gasteiger partial charge in [-0.15, -0.1) is 0 Å². The van der Waals surface area contributed by atoms with Crippen molar-refractivity contribution < 1.29 is 38.9 Å². The van der Waals surface area contributed by atoms with Gasteiger partial charge in [-0.3, -0.25) is 24.0 Å². The van der Waals surface area contributed by atoms with Crippen molar-refractivity contribution in [2.24, 2.45) is 40.4 Å². The fourth-order valence-corrected chi connectivity index (χ4v) is 9.55. The number of carboxylic acid groups (broad SMARTS) is 1. The van der Waals surface area contributed by atoms with E-state index in [0.717, 1.165) is 51.4 Å². The number of carbonyl (C=O) groups excluding carboxylic acids is 4. The van der Waals surface area contributed by atoms with Crippen molar-refractivity contribution in [1.29, 1.82) is 0 Å². The molecule has 0 heterocycles. The second-order valence-corrected chi connectivity index (χ2v) is 14.3. The number of ether oxygens (including phenoxy) is 1. The van der Waals surface area contributed by atoms with E-state index in [1.807, 2.05) is 13.0 Å². The summed E-state index contributed by atoms with van der Waals surface area (Å²) in [7, 11) is 0. The summed E-state index contributed by atoms with van der Waals surface area (Å²) in [5.41, 5.74) is -0.816. The molecular formula is C33H47NO8. The highest BCUT2D eigenvalue weighted by atomic mass is 16.5. The van der Waals surface area contributed by atoms with Gasteiger partial charge in [0.25, 0.3) is 0 Å². The molecule has 3 N–H and O–H groups in total. The Morgan fingerprint density at radius 2 is 1.64 bits per heavy atom. The number of hydrogen-bond acceptors (Lipinski definition) is 7. The molecule has 0 bridgehead atoms. The largest absolute Gasteiger partial charge is 0.481 e. The number of fused-ring (bicyclic) bond motifs is 5. The third kappa shape index (κ3) is 5.58. The van der Waals surface area contributed by atoms with Crippen LogP contribution >= 0.6 is 0 Å². The van der Waals surface area contributed by atoms with Gasteiger partial charge in [0.05, 0.1) is 12.3 Å². The highest BCUT2D eigenvalue weighted by Gasteiger charge is 2.66. The zero-order valence-corrected chi connectivity index (χ0v) is 25.1. The Morgan fingerprint density at radius 3 is 2.36 bits per heavy atom. The zero-order chi connectivity index (χ0) is 30.3. The summed E-state index contributed by atoms with van der Waals surface area (Å²) in [6, 6.07) is 0. The monoisotopic (exact) mass is 585 g/mol. The zero-order valence-electron chi connectivity index (χ0n) is 25.1. The maximum Gasteiger partial charge on any atom is 0.306 e. The van der Waals surface area contributed by atoms with Gasteiger partial charge in [0, 0.05) is 24.8 Å². The molecule has 5 rings (SSSR count). The van der Waals surface area contributed by atoms with Crippen LogP contribution in [-0.2, 0) is 28.7 Å². The molecule has 9 nitrogen and oxygen atoms in total. The van der Waals surface area contributed by atoms with Gasteiger partial charge in [-0.05, 0) is 106 Å². The Morgan fingerprint density at radius 1 is 0.929 bits per heavy atom. The summed E-state index contributed by atoms with van der Waals surface area (Å²) >= 11 is 0. The van der Waals surface area contributed by atoms with Gasteiger partial charge in [0.2, 0.25) is 11.7 Å². The predicted molar refractivity (Wildman–Crippen MR) is 153 cm³/mol. The number of aliphatic carboxylic acids is 1. The quantitative estimate of drug-likeness (QED) is 0.342. The van der Waals surface area contributed by atoms with E-state index in [0.29, 0.717) is 44.1 Å². The molecule has 4 saturated carbocycles. The van der Waals surface area contributed by atoms with Crippen molar-refractivity contribution in [3.05, 3.63) is 11.6 Å². The lowest BCUT2D eigenvalue weighted by molar-refractivity contribution is -0.170. The van der Waals surface area contributed by atoms with E-state index in [1.54, 1.807) is 0 Å². The van der Waals surface area contributed by atoms with E-state index in [4.69, 9.17) is 9.84 Å². The van der Waals surface area contributed by atoms with Gasteiger partial charge in [-0.25, -0.2) is 0 Å². The maximum atomic E-state index is 13.4. The third-order valence-corrected chi connectivity index (χ3v) is 12.3. The maximum absolute atomic E-state index is 13.4.